The van der Waals surface area contributed by atoms with Crippen LogP contribution in [0.5, 0.6) is 0 Å². The number of fused-ring (bicyclic) bond motifs is 1. The van der Waals surface area contributed by atoms with Crippen LogP contribution in [-0.4, -0.2) is 54.1 Å². The fourth-order valence-electron chi connectivity index (χ4n) is 4.66. The third-order valence-electron chi connectivity index (χ3n) is 6.52. The Morgan fingerprint density at radius 3 is 2.65 bits per heavy atom. The lowest BCUT2D eigenvalue weighted by Crippen LogP contribution is -2.38. The summed E-state index contributed by atoms with van der Waals surface area (Å²) in [7, 11) is 0. The van der Waals surface area contributed by atoms with Crippen molar-refractivity contribution < 1.29 is 22.8 Å². The number of amides is 2. The molecule has 4 aromatic heterocycles. The predicted octanol–water partition coefficient (Wildman–Crippen LogP) is 3.77. The molecule has 1 atom stereocenters. The van der Waals surface area contributed by atoms with Gasteiger partial charge in [0.15, 0.2) is 0 Å². The molecule has 0 radical (unpaired) electrons. The molecular weight excluding hydrogens is 525 g/mol. The topological polar surface area (TPSA) is 131 Å². The van der Waals surface area contributed by atoms with Gasteiger partial charge in [-0.1, -0.05) is 5.92 Å². The normalized spacial score (nSPS) is 15.4. The number of hydrogen-bond acceptors (Lipinski definition) is 7. The number of alkyl halides is 3. The predicted molar refractivity (Wildman–Crippen MR) is 140 cm³/mol. The number of nitrogens with two attached hydrogens (primary N) is 1. The summed E-state index contributed by atoms with van der Waals surface area (Å²) in [6, 6.07) is 6.39. The van der Waals surface area contributed by atoms with Crippen LogP contribution >= 0.6 is 0 Å². The third-order valence-corrected chi connectivity index (χ3v) is 6.52. The Kier molecular flexibility index (Phi) is 7.08. The van der Waals surface area contributed by atoms with Gasteiger partial charge < -0.3 is 16.0 Å². The lowest BCUT2D eigenvalue weighted by molar-refractivity contribution is -0.137. The van der Waals surface area contributed by atoms with E-state index < -0.39 is 17.6 Å². The first-order chi connectivity index (χ1) is 19.2. The number of nitrogen functional groups attached to an aromatic ring is 1. The maximum Gasteiger partial charge on any atom is 0.416 e. The number of aromatic nitrogens is 5. The number of imidazole rings is 1. The van der Waals surface area contributed by atoms with E-state index in [-0.39, 0.29) is 29.3 Å². The van der Waals surface area contributed by atoms with E-state index in [9.17, 15) is 22.8 Å². The SMILES string of the molecule is CC#CC(=O)N1CCCC(c2nc(-c3ccc(C(=O)Nc4cc(C(F)(F)F)ccn4)nc3)n3c(N)nccc23)C1. The van der Waals surface area contributed by atoms with Crippen molar-refractivity contribution in [2.24, 2.45) is 0 Å². The molecule has 204 valence electrons. The molecule has 0 aliphatic carbocycles. The van der Waals surface area contributed by atoms with Crippen LogP contribution in [0.3, 0.4) is 0 Å². The van der Waals surface area contributed by atoms with E-state index in [1.54, 1.807) is 34.6 Å². The van der Waals surface area contributed by atoms with E-state index in [0.717, 1.165) is 42.4 Å². The zero-order valence-electron chi connectivity index (χ0n) is 21.2. The summed E-state index contributed by atoms with van der Waals surface area (Å²) in [6.45, 7) is 2.70. The molecule has 0 saturated carbocycles. The minimum absolute atomic E-state index is 0.0337. The Morgan fingerprint density at radius 1 is 1.12 bits per heavy atom. The maximum atomic E-state index is 13.0. The largest absolute Gasteiger partial charge is 0.416 e. The van der Waals surface area contributed by atoms with Gasteiger partial charge in [0, 0.05) is 43.2 Å². The fraction of sp³-hybridized carbons (Fsp3) is 0.259. The van der Waals surface area contributed by atoms with Crippen LogP contribution in [0.25, 0.3) is 16.9 Å². The second kappa shape index (κ2) is 10.6. The van der Waals surface area contributed by atoms with Crippen molar-refractivity contribution >= 4 is 29.1 Å². The number of nitrogens with one attached hydrogen (secondary N) is 1. The van der Waals surface area contributed by atoms with E-state index in [4.69, 9.17) is 10.7 Å². The van der Waals surface area contributed by atoms with E-state index in [0.29, 0.717) is 24.5 Å². The second-order valence-corrected chi connectivity index (χ2v) is 9.12. The molecule has 4 aromatic rings. The molecule has 0 spiro atoms. The minimum Gasteiger partial charge on any atom is -0.369 e. The molecule has 1 fully saturated rings. The van der Waals surface area contributed by atoms with Gasteiger partial charge in [-0.05, 0) is 56.0 Å². The number of anilines is 2. The summed E-state index contributed by atoms with van der Waals surface area (Å²) >= 11 is 0. The maximum absolute atomic E-state index is 13.0. The van der Waals surface area contributed by atoms with Crippen LogP contribution in [-0.2, 0) is 11.0 Å². The summed E-state index contributed by atoms with van der Waals surface area (Å²) in [5, 5.41) is 2.33. The van der Waals surface area contributed by atoms with Gasteiger partial charge in [0.25, 0.3) is 11.8 Å². The molecule has 0 bridgehead atoms. The number of hydrogen-bond donors (Lipinski definition) is 2. The first-order valence-electron chi connectivity index (χ1n) is 12.3. The first kappa shape index (κ1) is 26.6. The van der Waals surface area contributed by atoms with Gasteiger partial charge in [-0.2, -0.15) is 13.2 Å². The molecule has 1 aliphatic rings. The van der Waals surface area contributed by atoms with Gasteiger partial charge in [0.05, 0.1) is 16.8 Å². The summed E-state index contributed by atoms with van der Waals surface area (Å²) in [5.74, 6) is 4.63. The van der Waals surface area contributed by atoms with Crippen LogP contribution in [0.15, 0.2) is 48.9 Å². The highest BCUT2D eigenvalue weighted by Crippen LogP contribution is 2.34. The monoisotopic (exact) mass is 548 g/mol. The zero-order valence-corrected chi connectivity index (χ0v) is 21.2. The molecule has 2 amide bonds. The summed E-state index contributed by atoms with van der Waals surface area (Å²) in [6.07, 6.45) is 1.02. The zero-order chi connectivity index (χ0) is 28.4. The van der Waals surface area contributed by atoms with E-state index in [1.807, 2.05) is 0 Å². The molecule has 10 nitrogen and oxygen atoms in total. The molecule has 5 heterocycles. The molecule has 0 aromatic carbocycles. The molecular formula is C27H23F3N8O2. The number of nitrogens with zero attached hydrogens (tertiary/aromatic N) is 6. The van der Waals surface area contributed by atoms with Crippen molar-refractivity contribution in [3.8, 4) is 23.2 Å². The highest BCUT2D eigenvalue weighted by molar-refractivity contribution is 6.02. The summed E-state index contributed by atoms with van der Waals surface area (Å²) in [5.41, 5.74) is 7.28. The summed E-state index contributed by atoms with van der Waals surface area (Å²) < 4.78 is 40.6. The van der Waals surface area contributed by atoms with Gasteiger partial charge in [0.1, 0.15) is 17.3 Å². The quantitative estimate of drug-likeness (QED) is 0.371. The number of pyridine rings is 2. The molecule has 13 heteroatoms. The molecule has 1 saturated heterocycles. The van der Waals surface area contributed by atoms with Crippen molar-refractivity contribution in [2.45, 2.75) is 31.9 Å². The lowest BCUT2D eigenvalue weighted by Gasteiger charge is -2.30. The minimum atomic E-state index is -4.57. The molecule has 40 heavy (non-hydrogen) atoms. The molecule has 3 N–H and O–H groups in total. The third kappa shape index (κ3) is 5.28. The first-order valence-corrected chi connectivity index (χ1v) is 12.3. The number of carbonyl (C=O) groups excluding carboxylic acids is 2. The average molecular weight is 549 g/mol. The van der Waals surface area contributed by atoms with Crippen molar-refractivity contribution in [1.82, 2.24) is 29.2 Å². The summed E-state index contributed by atoms with van der Waals surface area (Å²) in [4.78, 5) is 43.8. The van der Waals surface area contributed by atoms with Gasteiger partial charge >= 0.3 is 6.18 Å². The van der Waals surface area contributed by atoms with Gasteiger partial charge in [-0.15, -0.1) is 0 Å². The van der Waals surface area contributed by atoms with Crippen LogP contribution in [0.1, 0.15) is 47.4 Å². The highest BCUT2D eigenvalue weighted by atomic mass is 19.4. The fourth-order valence-corrected chi connectivity index (χ4v) is 4.66. The van der Waals surface area contributed by atoms with Gasteiger partial charge in [0.2, 0.25) is 5.95 Å². The molecule has 1 unspecified atom stereocenters. The van der Waals surface area contributed by atoms with Crippen molar-refractivity contribution in [3.05, 3.63) is 65.9 Å². The Bertz CT molecular complexity index is 1650. The van der Waals surface area contributed by atoms with Crippen LogP contribution in [0, 0.1) is 11.8 Å². The van der Waals surface area contributed by atoms with E-state index in [2.05, 4.69) is 32.1 Å². The van der Waals surface area contributed by atoms with Crippen molar-refractivity contribution in [3.63, 3.8) is 0 Å². The van der Waals surface area contributed by atoms with Crippen LogP contribution in [0.2, 0.25) is 0 Å². The number of carbonyl (C=O) groups is 2. The number of rotatable bonds is 4. The highest BCUT2D eigenvalue weighted by Gasteiger charge is 2.31. The van der Waals surface area contributed by atoms with Gasteiger partial charge in [-0.3, -0.25) is 19.0 Å². The lowest BCUT2D eigenvalue weighted by atomic mass is 9.94. The van der Waals surface area contributed by atoms with Crippen molar-refractivity contribution in [2.75, 3.05) is 24.1 Å². The number of likely N-dealkylation sites (tertiary alicyclic amines) is 1. The van der Waals surface area contributed by atoms with Crippen LogP contribution < -0.4 is 11.1 Å². The standard InChI is InChI=1S/C27H23F3N8O2/c1-2-4-22(39)37-12-3-5-17(15-37)23-20-9-11-33-26(31)38(20)24(36-23)16-6-7-19(34-14-16)25(40)35-21-13-18(8-10-32-21)27(28,29)30/h6-11,13-14,17H,3,5,12,15H2,1H3,(H2,31,33)(H,32,35,40). The smallest absolute Gasteiger partial charge is 0.369 e. The molecule has 5 rings (SSSR count). The second-order valence-electron chi connectivity index (χ2n) is 9.12. The Balaban J connectivity index is 1.43. The Hall–Kier alpha value is -4.99. The van der Waals surface area contributed by atoms with Crippen LogP contribution in [0.4, 0.5) is 24.9 Å². The van der Waals surface area contributed by atoms with E-state index >= 15 is 0 Å². The Morgan fingerprint density at radius 2 is 1.93 bits per heavy atom. The number of halogens is 3. The molecule has 1 aliphatic heterocycles. The van der Waals surface area contributed by atoms with Gasteiger partial charge in [-0.25, -0.2) is 15.0 Å². The Labute approximate surface area is 226 Å². The number of piperidine rings is 1. The average Bonchev–Trinajstić information content (AvgIpc) is 3.34. The van der Waals surface area contributed by atoms with Crippen molar-refractivity contribution in [1.29, 1.82) is 0 Å². The van der Waals surface area contributed by atoms with E-state index in [1.165, 1.54) is 12.3 Å².